The summed E-state index contributed by atoms with van der Waals surface area (Å²) >= 11 is 3.48. The lowest BCUT2D eigenvalue weighted by molar-refractivity contribution is 0.414. The zero-order valence-electron chi connectivity index (χ0n) is 11.0. The van der Waals surface area contributed by atoms with E-state index in [0.717, 1.165) is 29.7 Å². The molecule has 0 aliphatic rings. The Bertz CT molecular complexity index is 510. The lowest BCUT2D eigenvalue weighted by Gasteiger charge is -2.06. The molecule has 2 aromatic carbocycles. The van der Waals surface area contributed by atoms with Crippen LogP contribution in [0.15, 0.2) is 53.0 Å². The minimum atomic E-state index is 0.898. The van der Waals surface area contributed by atoms with Crippen molar-refractivity contribution >= 4 is 15.9 Å². The average Bonchev–Trinajstić information content (AvgIpc) is 2.44. The Morgan fingerprint density at radius 3 is 2.53 bits per heavy atom. The van der Waals surface area contributed by atoms with Crippen LogP contribution in [0.3, 0.4) is 0 Å². The molecule has 100 valence electrons. The van der Waals surface area contributed by atoms with E-state index in [4.69, 9.17) is 4.74 Å². The molecule has 0 aliphatic heterocycles. The monoisotopic (exact) mass is 319 g/mol. The third kappa shape index (κ3) is 4.69. The highest BCUT2D eigenvalue weighted by Crippen LogP contribution is 2.12. The average molecular weight is 320 g/mol. The van der Waals surface area contributed by atoms with E-state index in [1.165, 1.54) is 11.1 Å². The van der Waals surface area contributed by atoms with Gasteiger partial charge in [0.2, 0.25) is 0 Å². The van der Waals surface area contributed by atoms with E-state index in [2.05, 4.69) is 51.6 Å². The van der Waals surface area contributed by atoms with E-state index < -0.39 is 0 Å². The molecule has 0 spiro atoms. The fourth-order valence-electron chi connectivity index (χ4n) is 1.90. The topological polar surface area (TPSA) is 21.3 Å². The van der Waals surface area contributed by atoms with Crippen molar-refractivity contribution < 1.29 is 4.74 Å². The van der Waals surface area contributed by atoms with Gasteiger partial charge in [-0.05, 0) is 48.4 Å². The summed E-state index contributed by atoms with van der Waals surface area (Å²) in [6, 6.07) is 16.6. The van der Waals surface area contributed by atoms with E-state index in [0.29, 0.717) is 0 Å². The van der Waals surface area contributed by atoms with E-state index in [-0.39, 0.29) is 0 Å². The number of hydrogen-bond acceptors (Lipinski definition) is 2. The minimum Gasteiger partial charge on any atom is -0.497 e. The van der Waals surface area contributed by atoms with Crippen LogP contribution in [0.4, 0.5) is 0 Å². The highest BCUT2D eigenvalue weighted by atomic mass is 79.9. The molecule has 3 heteroatoms. The number of benzene rings is 2. The minimum absolute atomic E-state index is 0.898. The molecule has 0 bridgehead atoms. The maximum absolute atomic E-state index is 5.14. The summed E-state index contributed by atoms with van der Waals surface area (Å²) in [4.78, 5) is 0. The molecule has 0 radical (unpaired) electrons. The van der Waals surface area contributed by atoms with E-state index in [1.54, 1.807) is 7.11 Å². The molecule has 1 N–H and O–H groups in total. The van der Waals surface area contributed by atoms with E-state index in [1.807, 2.05) is 18.2 Å². The third-order valence-electron chi connectivity index (χ3n) is 2.97. The van der Waals surface area contributed by atoms with Gasteiger partial charge in [0.25, 0.3) is 0 Å². The van der Waals surface area contributed by atoms with Crippen LogP contribution < -0.4 is 10.1 Å². The van der Waals surface area contributed by atoms with Crippen molar-refractivity contribution in [2.24, 2.45) is 0 Å². The van der Waals surface area contributed by atoms with Gasteiger partial charge in [0, 0.05) is 11.0 Å². The third-order valence-corrected chi connectivity index (χ3v) is 3.46. The molecular weight excluding hydrogens is 302 g/mol. The van der Waals surface area contributed by atoms with Crippen LogP contribution >= 0.6 is 15.9 Å². The Labute approximate surface area is 122 Å². The molecular formula is C16H18BrNO. The Balaban J connectivity index is 1.74. The zero-order chi connectivity index (χ0) is 13.5. The highest BCUT2D eigenvalue weighted by Gasteiger charge is 1.96. The van der Waals surface area contributed by atoms with E-state index >= 15 is 0 Å². The van der Waals surface area contributed by atoms with Crippen LogP contribution in [0.25, 0.3) is 0 Å². The fourth-order valence-corrected chi connectivity index (χ4v) is 2.35. The summed E-state index contributed by atoms with van der Waals surface area (Å²) < 4.78 is 6.27. The summed E-state index contributed by atoms with van der Waals surface area (Å²) in [7, 11) is 1.69. The quantitative estimate of drug-likeness (QED) is 0.818. The first-order valence-electron chi connectivity index (χ1n) is 6.36. The summed E-state index contributed by atoms with van der Waals surface area (Å²) in [5.41, 5.74) is 2.62. The van der Waals surface area contributed by atoms with Crippen molar-refractivity contribution in [2.75, 3.05) is 13.7 Å². The number of nitrogens with one attached hydrogen (secondary N) is 1. The van der Waals surface area contributed by atoms with Crippen molar-refractivity contribution in [1.29, 1.82) is 0 Å². The number of methoxy groups -OCH3 is 1. The van der Waals surface area contributed by atoms with Gasteiger partial charge in [0.15, 0.2) is 0 Å². The molecule has 2 aromatic rings. The second-order valence-corrected chi connectivity index (χ2v) is 5.32. The molecule has 0 unspecified atom stereocenters. The Morgan fingerprint density at radius 2 is 1.84 bits per heavy atom. The van der Waals surface area contributed by atoms with Gasteiger partial charge in [-0.15, -0.1) is 0 Å². The molecule has 2 rings (SSSR count). The summed E-state index contributed by atoms with van der Waals surface area (Å²) in [5, 5.41) is 3.45. The van der Waals surface area contributed by atoms with Crippen LogP contribution in [0.5, 0.6) is 5.75 Å². The fraction of sp³-hybridized carbons (Fsp3) is 0.250. The lowest BCUT2D eigenvalue weighted by atomic mass is 10.1. The zero-order valence-corrected chi connectivity index (χ0v) is 12.6. The second kappa shape index (κ2) is 7.31. The number of hydrogen-bond donors (Lipinski definition) is 1. The summed E-state index contributed by atoms with van der Waals surface area (Å²) in [5.74, 6) is 0.908. The molecule has 0 fully saturated rings. The first-order chi connectivity index (χ1) is 9.28. The second-order valence-electron chi connectivity index (χ2n) is 4.40. The predicted molar refractivity (Wildman–Crippen MR) is 82.5 cm³/mol. The SMILES string of the molecule is COc1ccc(CCNCc2cccc(Br)c2)cc1. The van der Waals surface area contributed by atoms with Gasteiger partial charge in [0.05, 0.1) is 7.11 Å². The van der Waals surface area contributed by atoms with Gasteiger partial charge in [-0.3, -0.25) is 0 Å². The smallest absolute Gasteiger partial charge is 0.118 e. The Hall–Kier alpha value is -1.32. The van der Waals surface area contributed by atoms with Gasteiger partial charge < -0.3 is 10.1 Å². The summed E-state index contributed by atoms with van der Waals surface area (Å²) in [6.45, 7) is 1.87. The van der Waals surface area contributed by atoms with Gasteiger partial charge in [-0.2, -0.15) is 0 Å². The first kappa shape index (κ1) is 14.1. The van der Waals surface area contributed by atoms with Gasteiger partial charge in [-0.1, -0.05) is 40.2 Å². The van der Waals surface area contributed by atoms with Crippen molar-refractivity contribution in [2.45, 2.75) is 13.0 Å². The molecule has 0 atom stereocenters. The molecule has 19 heavy (non-hydrogen) atoms. The number of halogens is 1. The Morgan fingerprint density at radius 1 is 1.05 bits per heavy atom. The van der Waals surface area contributed by atoms with Crippen LogP contribution in [0.1, 0.15) is 11.1 Å². The van der Waals surface area contributed by atoms with E-state index in [9.17, 15) is 0 Å². The molecule has 0 aromatic heterocycles. The van der Waals surface area contributed by atoms with Crippen LogP contribution in [-0.4, -0.2) is 13.7 Å². The first-order valence-corrected chi connectivity index (χ1v) is 7.15. The molecule has 0 saturated carbocycles. The normalized spacial score (nSPS) is 10.4. The van der Waals surface area contributed by atoms with Crippen LogP contribution in [-0.2, 0) is 13.0 Å². The van der Waals surface area contributed by atoms with Crippen molar-refractivity contribution in [3.63, 3.8) is 0 Å². The molecule has 2 nitrogen and oxygen atoms in total. The van der Waals surface area contributed by atoms with Gasteiger partial charge in [0.1, 0.15) is 5.75 Å². The summed E-state index contributed by atoms with van der Waals surface area (Å²) in [6.07, 6.45) is 1.03. The maximum Gasteiger partial charge on any atom is 0.118 e. The van der Waals surface area contributed by atoms with Crippen molar-refractivity contribution in [1.82, 2.24) is 5.32 Å². The van der Waals surface area contributed by atoms with Gasteiger partial charge >= 0.3 is 0 Å². The molecule has 0 heterocycles. The van der Waals surface area contributed by atoms with Crippen LogP contribution in [0, 0.1) is 0 Å². The van der Waals surface area contributed by atoms with Crippen molar-refractivity contribution in [3.8, 4) is 5.75 Å². The van der Waals surface area contributed by atoms with Crippen molar-refractivity contribution in [3.05, 3.63) is 64.1 Å². The number of rotatable bonds is 6. The van der Waals surface area contributed by atoms with Gasteiger partial charge in [-0.25, -0.2) is 0 Å². The lowest BCUT2D eigenvalue weighted by Crippen LogP contribution is -2.16. The highest BCUT2D eigenvalue weighted by molar-refractivity contribution is 9.10. The maximum atomic E-state index is 5.14. The standard InChI is InChI=1S/C16H18BrNO/c1-19-16-7-5-13(6-8-16)9-10-18-12-14-3-2-4-15(17)11-14/h2-8,11,18H,9-10,12H2,1H3. The molecule has 0 aliphatic carbocycles. The van der Waals surface area contributed by atoms with Crippen LogP contribution in [0.2, 0.25) is 0 Å². The number of ether oxygens (including phenoxy) is 1. The Kier molecular flexibility index (Phi) is 5.43. The molecule has 0 saturated heterocycles. The molecule has 0 amide bonds. The predicted octanol–water partition coefficient (Wildman–Crippen LogP) is 3.79. The largest absolute Gasteiger partial charge is 0.497 e.